The minimum Gasteiger partial charge on any atom is -0.484 e. The van der Waals surface area contributed by atoms with Gasteiger partial charge in [0.25, 0.3) is 5.91 Å². The normalized spacial score (nSPS) is 9.86. The Bertz CT molecular complexity index is 711. The second kappa shape index (κ2) is 7.64. The first kappa shape index (κ1) is 16.1. The molecule has 0 fully saturated rings. The molecule has 8 heteroatoms. The van der Waals surface area contributed by atoms with Crippen molar-refractivity contribution in [2.24, 2.45) is 0 Å². The van der Waals surface area contributed by atoms with Crippen LogP contribution in [0.3, 0.4) is 0 Å². The number of likely N-dealkylation sites (N-methyl/N-ethyl adjacent to an activating group) is 1. The van der Waals surface area contributed by atoms with Crippen molar-refractivity contribution in [3.8, 4) is 11.8 Å². The lowest BCUT2D eigenvalue weighted by atomic mass is 10.2. The Morgan fingerprint density at radius 1 is 1.55 bits per heavy atom. The first-order valence-corrected chi connectivity index (χ1v) is 7.50. The lowest BCUT2D eigenvalue weighted by molar-refractivity contribution is -0.122. The van der Waals surface area contributed by atoms with E-state index in [0.717, 1.165) is 17.1 Å². The Hall–Kier alpha value is -2.30. The van der Waals surface area contributed by atoms with Gasteiger partial charge in [-0.15, -0.1) is 0 Å². The van der Waals surface area contributed by atoms with Gasteiger partial charge in [0.1, 0.15) is 22.4 Å². The molecule has 0 saturated heterocycles. The second-order valence-corrected chi connectivity index (χ2v) is 5.38. The third-order valence-corrected chi connectivity index (χ3v) is 3.94. The highest BCUT2D eigenvalue weighted by atomic mass is 35.5. The van der Waals surface area contributed by atoms with Crippen LogP contribution in [-0.4, -0.2) is 23.9 Å². The van der Waals surface area contributed by atoms with Gasteiger partial charge in [-0.2, -0.15) is 9.64 Å². The highest BCUT2D eigenvalue weighted by molar-refractivity contribution is 7.10. The van der Waals surface area contributed by atoms with Crippen LogP contribution < -0.4 is 15.4 Å². The molecule has 22 heavy (non-hydrogen) atoms. The number of hydrogen-bond donors (Lipinski definition) is 2. The Morgan fingerprint density at radius 2 is 2.36 bits per heavy atom. The van der Waals surface area contributed by atoms with E-state index in [1.165, 1.54) is 0 Å². The molecular formula is C14H13ClN4O2S. The van der Waals surface area contributed by atoms with E-state index >= 15 is 0 Å². The molecule has 1 heterocycles. The van der Waals surface area contributed by atoms with Crippen LogP contribution in [0.25, 0.3) is 0 Å². The van der Waals surface area contributed by atoms with E-state index in [-0.39, 0.29) is 17.7 Å². The largest absolute Gasteiger partial charge is 0.484 e. The molecule has 6 nitrogen and oxygen atoms in total. The van der Waals surface area contributed by atoms with E-state index < -0.39 is 0 Å². The molecule has 0 bridgehead atoms. The number of halogens is 1. The Balaban J connectivity index is 1.98. The van der Waals surface area contributed by atoms with Gasteiger partial charge in [-0.05, 0) is 29.2 Å². The number of aromatic nitrogens is 1. The lowest BCUT2D eigenvalue weighted by Crippen LogP contribution is -2.24. The molecule has 1 aromatic carbocycles. The average Bonchev–Trinajstić information content (AvgIpc) is 2.90. The molecule has 0 aliphatic rings. The van der Waals surface area contributed by atoms with Gasteiger partial charge < -0.3 is 15.4 Å². The fourth-order valence-electron chi connectivity index (χ4n) is 1.64. The zero-order valence-electron chi connectivity index (χ0n) is 11.7. The summed E-state index contributed by atoms with van der Waals surface area (Å²) in [6.45, 7) is 0.459. The Kier molecular flexibility index (Phi) is 5.58. The van der Waals surface area contributed by atoms with E-state index in [0.29, 0.717) is 22.9 Å². The van der Waals surface area contributed by atoms with Crippen LogP contribution in [0.4, 0.5) is 5.00 Å². The summed E-state index contributed by atoms with van der Waals surface area (Å²) in [6, 6.07) is 9.36. The summed E-state index contributed by atoms with van der Waals surface area (Å²) in [5, 5.41) is 15.4. The van der Waals surface area contributed by atoms with Crippen LogP contribution in [-0.2, 0) is 11.3 Å². The molecule has 2 rings (SSSR count). The van der Waals surface area contributed by atoms with Crippen molar-refractivity contribution in [1.82, 2.24) is 9.69 Å². The number of nitriles is 1. The SMILES string of the molecule is CNC(=O)COc1cccc(CNc2snc(Cl)c2C#N)c1. The van der Waals surface area contributed by atoms with Crippen LogP contribution in [0.5, 0.6) is 5.75 Å². The zero-order chi connectivity index (χ0) is 15.9. The Labute approximate surface area is 136 Å². The summed E-state index contributed by atoms with van der Waals surface area (Å²) in [5.74, 6) is 0.409. The van der Waals surface area contributed by atoms with Crippen LogP contribution >= 0.6 is 23.1 Å². The molecular weight excluding hydrogens is 324 g/mol. The van der Waals surface area contributed by atoms with Crippen molar-refractivity contribution in [1.29, 1.82) is 5.26 Å². The van der Waals surface area contributed by atoms with Gasteiger partial charge >= 0.3 is 0 Å². The van der Waals surface area contributed by atoms with Gasteiger partial charge in [0.05, 0.1) is 0 Å². The molecule has 1 amide bonds. The molecule has 0 saturated carbocycles. The summed E-state index contributed by atoms with van der Waals surface area (Å²) < 4.78 is 9.31. The first-order valence-electron chi connectivity index (χ1n) is 6.35. The maximum Gasteiger partial charge on any atom is 0.257 e. The molecule has 2 N–H and O–H groups in total. The molecule has 0 atom stereocenters. The van der Waals surface area contributed by atoms with Crippen LogP contribution in [0, 0.1) is 11.3 Å². The van der Waals surface area contributed by atoms with Crippen molar-refractivity contribution >= 4 is 34.0 Å². The van der Waals surface area contributed by atoms with Crippen LogP contribution in [0.2, 0.25) is 5.15 Å². The molecule has 1 aromatic heterocycles. The summed E-state index contributed by atoms with van der Waals surface area (Å²) in [5.41, 5.74) is 1.29. The molecule has 0 unspecified atom stereocenters. The number of anilines is 1. The summed E-state index contributed by atoms with van der Waals surface area (Å²) in [6.07, 6.45) is 0. The highest BCUT2D eigenvalue weighted by Crippen LogP contribution is 2.28. The highest BCUT2D eigenvalue weighted by Gasteiger charge is 2.11. The smallest absolute Gasteiger partial charge is 0.257 e. The van der Waals surface area contributed by atoms with E-state index in [1.54, 1.807) is 13.1 Å². The second-order valence-electron chi connectivity index (χ2n) is 4.25. The van der Waals surface area contributed by atoms with Crippen molar-refractivity contribution in [3.63, 3.8) is 0 Å². The summed E-state index contributed by atoms with van der Waals surface area (Å²) in [7, 11) is 1.55. The number of carbonyl (C=O) groups is 1. The number of rotatable bonds is 6. The fourth-order valence-corrected chi connectivity index (χ4v) is 2.57. The van der Waals surface area contributed by atoms with Gasteiger partial charge in [0.2, 0.25) is 0 Å². The topological polar surface area (TPSA) is 87.0 Å². The van der Waals surface area contributed by atoms with Crippen molar-refractivity contribution in [2.45, 2.75) is 6.54 Å². The number of nitrogens with one attached hydrogen (secondary N) is 2. The third kappa shape index (κ3) is 4.10. The summed E-state index contributed by atoms with van der Waals surface area (Å²) in [4.78, 5) is 11.2. The Morgan fingerprint density at radius 3 is 3.09 bits per heavy atom. The number of carbonyl (C=O) groups excluding carboxylic acids is 1. The number of hydrogen-bond acceptors (Lipinski definition) is 6. The number of amides is 1. The van der Waals surface area contributed by atoms with Crippen molar-refractivity contribution in [2.75, 3.05) is 19.0 Å². The molecule has 114 valence electrons. The lowest BCUT2D eigenvalue weighted by Gasteiger charge is -2.08. The van der Waals surface area contributed by atoms with Crippen molar-refractivity contribution in [3.05, 3.63) is 40.5 Å². The van der Waals surface area contributed by atoms with Crippen LogP contribution in [0.15, 0.2) is 24.3 Å². The molecule has 0 aliphatic heterocycles. The zero-order valence-corrected chi connectivity index (χ0v) is 13.3. The van der Waals surface area contributed by atoms with E-state index in [4.69, 9.17) is 21.6 Å². The molecule has 0 spiro atoms. The standard InChI is InChI=1S/C14H13ClN4O2S/c1-17-12(20)8-21-10-4-2-3-9(5-10)7-18-14-11(6-16)13(15)19-22-14/h2-5,18H,7-8H2,1H3,(H,17,20). The number of benzene rings is 1. The van der Waals surface area contributed by atoms with Gasteiger partial charge in [-0.3, -0.25) is 4.79 Å². The molecule has 0 radical (unpaired) electrons. The minimum absolute atomic E-state index is 0.0313. The third-order valence-electron chi connectivity index (χ3n) is 2.76. The number of nitrogens with zero attached hydrogens (tertiary/aromatic N) is 2. The number of ether oxygens (including phenoxy) is 1. The van der Waals surface area contributed by atoms with Crippen LogP contribution in [0.1, 0.15) is 11.1 Å². The monoisotopic (exact) mass is 336 g/mol. The predicted octanol–water partition coefficient (Wildman–Crippen LogP) is 2.41. The predicted molar refractivity (Wildman–Crippen MR) is 85.2 cm³/mol. The van der Waals surface area contributed by atoms with Gasteiger partial charge in [-0.25, -0.2) is 0 Å². The van der Waals surface area contributed by atoms with Crippen molar-refractivity contribution < 1.29 is 9.53 Å². The van der Waals surface area contributed by atoms with Gasteiger partial charge in [0.15, 0.2) is 11.8 Å². The molecule has 2 aromatic rings. The van der Waals surface area contributed by atoms with Gasteiger partial charge in [0, 0.05) is 13.6 Å². The maximum absolute atomic E-state index is 11.2. The maximum atomic E-state index is 11.2. The van der Waals surface area contributed by atoms with E-state index in [1.807, 2.05) is 24.3 Å². The molecule has 0 aliphatic carbocycles. The average molecular weight is 337 g/mol. The van der Waals surface area contributed by atoms with E-state index in [9.17, 15) is 4.79 Å². The van der Waals surface area contributed by atoms with Gasteiger partial charge in [-0.1, -0.05) is 23.7 Å². The fraction of sp³-hybridized carbons (Fsp3) is 0.214. The first-order chi connectivity index (χ1) is 10.6. The summed E-state index contributed by atoms with van der Waals surface area (Å²) >= 11 is 6.96. The minimum atomic E-state index is -0.193. The van der Waals surface area contributed by atoms with E-state index in [2.05, 4.69) is 15.0 Å². The quantitative estimate of drug-likeness (QED) is 0.845.